The van der Waals surface area contributed by atoms with Gasteiger partial charge in [-0.3, -0.25) is 0 Å². The van der Waals surface area contributed by atoms with Gasteiger partial charge in [0.05, 0.1) is 0 Å². The molecule has 0 saturated carbocycles. The molecule has 0 aromatic heterocycles. The molecule has 0 radical (unpaired) electrons. The summed E-state index contributed by atoms with van der Waals surface area (Å²) in [6, 6.07) is 7.40. The van der Waals surface area contributed by atoms with Crippen LogP contribution in [0.15, 0.2) is 18.2 Å². The number of hydrogen-bond donors (Lipinski definition) is 1. The number of benzene rings is 1. The lowest BCUT2D eigenvalue weighted by molar-refractivity contribution is 0.556. The fraction of sp³-hybridized carbons (Fsp3) is 0.600. The van der Waals surface area contributed by atoms with Crippen LogP contribution in [0, 0.1) is 13.8 Å². The van der Waals surface area contributed by atoms with Gasteiger partial charge in [0.25, 0.3) is 0 Å². The smallest absolute Gasteiger partial charge is 0.0295 e. The fourth-order valence-corrected chi connectivity index (χ4v) is 5.34. The topological polar surface area (TPSA) is 12.0 Å². The third-order valence-electron chi connectivity index (χ3n) is 3.61. The van der Waals surface area contributed by atoms with Crippen molar-refractivity contribution in [3.8, 4) is 0 Å². The summed E-state index contributed by atoms with van der Waals surface area (Å²) in [6.45, 7) is 4.41. The van der Waals surface area contributed by atoms with Crippen molar-refractivity contribution in [2.24, 2.45) is 0 Å². The summed E-state index contributed by atoms with van der Waals surface area (Å²) in [5.74, 6) is 3.92. The summed E-state index contributed by atoms with van der Waals surface area (Å²) in [5, 5.41) is 4.29. The molecule has 18 heavy (non-hydrogen) atoms. The van der Waals surface area contributed by atoms with E-state index in [1.807, 2.05) is 0 Å². The van der Waals surface area contributed by atoms with Crippen molar-refractivity contribution >= 4 is 23.5 Å². The maximum Gasteiger partial charge on any atom is 0.0295 e. The van der Waals surface area contributed by atoms with Crippen molar-refractivity contribution in [3.05, 3.63) is 34.9 Å². The number of aryl methyl sites for hydroxylation is 2. The molecule has 1 saturated heterocycles. The highest BCUT2D eigenvalue weighted by molar-refractivity contribution is 8.06. The van der Waals surface area contributed by atoms with Gasteiger partial charge in [-0.15, -0.1) is 0 Å². The van der Waals surface area contributed by atoms with Gasteiger partial charge >= 0.3 is 0 Å². The number of nitrogens with one attached hydrogen (secondary N) is 1. The van der Waals surface area contributed by atoms with Gasteiger partial charge in [0.2, 0.25) is 0 Å². The van der Waals surface area contributed by atoms with Crippen molar-refractivity contribution in [2.75, 3.05) is 24.3 Å². The second-order valence-electron chi connectivity index (χ2n) is 5.01. The van der Waals surface area contributed by atoms with Crippen LogP contribution >= 0.6 is 23.5 Å². The molecule has 0 amide bonds. The zero-order valence-corrected chi connectivity index (χ0v) is 13.2. The van der Waals surface area contributed by atoms with Crippen LogP contribution in [-0.4, -0.2) is 35.6 Å². The van der Waals surface area contributed by atoms with E-state index in [1.165, 1.54) is 33.9 Å². The lowest BCUT2D eigenvalue weighted by Crippen LogP contribution is -2.40. The van der Waals surface area contributed by atoms with Gasteiger partial charge in [-0.25, -0.2) is 0 Å². The maximum atomic E-state index is 3.53. The Labute approximate surface area is 120 Å². The number of thioether (sulfide) groups is 2. The molecule has 0 bridgehead atoms. The number of likely N-dealkylation sites (N-methyl/N-ethyl adjacent to an activating group) is 1. The zero-order valence-electron chi connectivity index (χ0n) is 11.5. The quantitative estimate of drug-likeness (QED) is 0.909. The molecule has 0 spiro atoms. The Balaban J connectivity index is 2.06. The highest BCUT2D eigenvalue weighted by Gasteiger charge is 2.23. The van der Waals surface area contributed by atoms with Gasteiger partial charge in [0.15, 0.2) is 0 Å². The Hall–Kier alpha value is -0.120. The van der Waals surface area contributed by atoms with Crippen molar-refractivity contribution < 1.29 is 0 Å². The van der Waals surface area contributed by atoms with Gasteiger partial charge in [-0.2, -0.15) is 23.5 Å². The molecular formula is C15H23NS2. The minimum absolute atomic E-state index is 0.600. The summed E-state index contributed by atoms with van der Waals surface area (Å²) in [4.78, 5) is 0. The average molecular weight is 281 g/mol. The van der Waals surface area contributed by atoms with Crippen LogP contribution in [0.3, 0.4) is 0 Å². The highest BCUT2D eigenvalue weighted by Crippen LogP contribution is 2.28. The van der Waals surface area contributed by atoms with Gasteiger partial charge in [0, 0.05) is 28.6 Å². The molecule has 2 atom stereocenters. The number of rotatable bonds is 4. The van der Waals surface area contributed by atoms with Crippen molar-refractivity contribution in [3.63, 3.8) is 0 Å². The van der Waals surface area contributed by atoms with E-state index in [0.717, 1.165) is 11.7 Å². The Morgan fingerprint density at radius 3 is 2.83 bits per heavy atom. The Kier molecular flexibility index (Phi) is 5.46. The lowest BCUT2D eigenvalue weighted by Gasteiger charge is -2.29. The minimum Gasteiger partial charge on any atom is -0.316 e. The molecule has 1 aromatic rings. The monoisotopic (exact) mass is 281 g/mol. The van der Waals surface area contributed by atoms with Crippen molar-refractivity contribution in [1.82, 2.24) is 5.32 Å². The van der Waals surface area contributed by atoms with Crippen LogP contribution < -0.4 is 5.32 Å². The van der Waals surface area contributed by atoms with Gasteiger partial charge in [-0.05, 0) is 38.4 Å². The first-order valence-corrected chi connectivity index (χ1v) is 8.84. The van der Waals surface area contributed by atoms with Gasteiger partial charge < -0.3 is 5.32 Å². The van der Waals surface area contributed by atoms with E-state index in [0.29, 0.717) is 6.04 Å². The van der Waals surface area contributed by atoms with E-state index >= 15 is 0 Å². The van der Waals surface area contributed by atoms with E-state index in [2.05, 4.69) is 67.9 Å². The Bertz CT molecular complexity index is 386. The highest BCUT2D eigenvalue weighted by atomic mass is 32.2. The lowest BCUT2D eigenvalue weighted by atomic mass is 9.97. The molecule has 2 unspecified atom stereocenters. The Morgan fingerprint density at radius 2 is 2.17 bits per heavy atom. The first-order valence-electron chi connectivity index (χ1n) is 6.63. The average Bonchev–Trinajstić information content (AvgIpc) is 2.41. The van der Waals surface area contributed by atoms with Crippen LogP contribution in [0.4, 0.5) is 0 Å². The molecule has 0 aliphatic carbocycles. The van der Waals surface area contributed by atoms with E-state index in [1.54, 1.807) is 0 Å². The third kappa shape index (κ3) is 3.69. The second-order valence-corrected chi connectivity index (χ2v) is 7.51. The normalized spacial score (nSPS) is 21.8. The van der Waals surface area contributed by atoms with Crippen LogP contribution in [0.1, 0.15) is 16.7 Å². The molecule has 3 heteroatoms. The molecule has 1 heterocycles. The second kappa shape index (κ2) is 6.88. The molecule has 1 aliphatic heterocycles. The fourth-order valence-electron chi connectivity index (χ4n) is 2.41. The summed E-state index contributed by atoms with van der Waals surface area (Å²) in [5.41, 5.74) is 4.30. The van der Waals surface area contributed by atoms with Crippen LogP contribution in [0.2, 0.25) is 0 Å². The molecule has 1 fully saturated rings. The minimum atomic E-state index is 0.600. The number of hydrogen-bond acceptors (Lipinski definition) is 3. The standard InChI is InChI=1S/C15H23NS2/c1-11-4-5-12(2)13(8-11)9-14(16-3)15-10-17-6-7-18-15/h4-5,8,14-16H,6-7,9-10H2,1-3H3. The molecule has 100 valence electrons. The molecular weight excluding hydrogens is 258 g/mol. The van der Waals surface area contributed by atoms with E-state index in [-0.39, 0.29) is 0 Å². The molecule has 1 aromatic carbocycles. The predicted octanol–water partition coefficient (Wildman–Crippen LogP) is 3.28. The predicted molar refractivity (Wildman–Crippen MR) is 86.0 cm³/mol. The summed E-state index contributed by atoms with van der Waals surface area (Å²) in [6.07, 6.45) is 1.16. The van der Waals surface area contributed by atoms with Crippen LogP contribution in [0.5, 0.6) is 0 Å². The van der Waals surface area contributed by atoms with Gasteiger partial charge in [0.1, 0.15) is 0 Å². The third-order valence-corrected chi connectivity index (χ3v) is 6.53. The molecule has 1 aliphatic rings. The van der Waals surface area contributed by atoms with Crippen molar-refractivity contribution in [2.45, 2.75) is 31.6 Å². The first-order chi connectivity index (χ1) is 8.70. The van der Waals surface area contributed by atoms with Gasteiger partial charge in [-0.1, -0.05) is 23.8 Å². The SMILES string of the molecule is CNC(Cc1cc(C)ccc1C)C1CSCCS1. The van der Waals surface area contributed by atoms with E-state index < -0.39 is 0 Å². The van der Waals surface area contributed by atoms with Crippen molar-refractivity contribution in [1.29, 1.82) is 0 Å². The van der Waals surface area contributed by atoms with E-state index in [4.69, 9.17) is 0 Å². The summed E-state index contributed by atoms with van der Waals surface area (Å²) < 4.78 is 0. The summed E-state index contributed by atoms with van der Waals surface area (Å²) in [7, 11) is 2.11. The van der Waals surface area contributed by atoms with E-state index in [9.17, 15) is 0 Å². The summed E-state index contributed by atoms with van der Waals surface area (Å²) >= 11 is 4.25. The maximum absolute atomic E-state index is 3.53. The largest absolute Gasteiger partial charge is 0.316 e. The molecule has 1 nitrogen and oxygen atoms in total. The van der Waals surface area contributed by atoms with Crippen LogP contribution in [0.25, 0.3) is 0 Å². The first kappa shape index (κ1) is 14.3. The molecule has 2 rings (SSSR count). The Morgan fingerprint density at radius 1 is 1.33 bits per heavy atom. The molecule has 1 N–H and O–H groups in total. The zero-order chi connectivity index (χ0) is 13.0. The van der Waals surface area contributed by atoms with Crippen LogP contribution in [-0.2, 0) is 6.42 Å².